The highest BCUT2D eigenvalue weighted by Crippen LogP contribution is 2.38. The van der Waals surface area contributed by atoms with Gasteiger partial charge in [-0.3, -0.25) is 9.69 Å². The van der Waals surface area contributed by atoms with Gasteiger partial charge in [0, 0.05) is 24.1 Å². The zero-order chi connectivity index (χ0) is 18.9. The molecule has 1 aliphatic carbocycles. The lowest BCUT2D eigenvalue weighted by atomic mass is 9.93. The third-order valence-corrected chi connectivity index (χ3v) is 6.00. The molecule has 2 aromatic rings. The number of allylic oxidation sites excluding steroid dienone is 2. The summed E-state index contributed by atoms with van der Waals surface area (Å²) < 4.78 is 11.3. The predicted molar refractivity (Wildman–Crippen MR) is 115 cm³/mol. The lowest BCUT2D eigenvalue weighted by molar-refractivity contribution is 0.103. The minimum atomic E-state index is 0. The van der Waals surface area contributed by atoms with E-state index >= 15 is 0 Å². The van der Waals surface area contributed by atoms with Gasteiger partial charge in [-0.05, 0) is 55.1 Å². The molecule has 3 aliphatic rings. The maximum Gasteiger partial charge on any atom is 0.189 e. The van der Waals surface area contributed by atoms with Gasteiger partial charge >= 0.3 is 0 Å². The average molecular weight is 412 g/mol. The minimum Gasteiger partial charge on any atom is -0.486 e. The number of nitrogens with zero attached hydrogens (tertiary/aromatic N) is 1. The molecule has 5 rings (SSSR count). The van der Waals surface area contributed by atoms with E-state index in [1.165, 1.54) is 5.56 Å². The summed E-state index contributed by atoms with van der Waals surface area (Å²) >= 11 is 0. The van der Waals surface area contributed by atoms with Crippen molar-refractivity contribution in [3.63, 3.8) is 0 Å². The second-order valence-corrected chi connectivity index (χ2v) is 7.95. The summed E-state index contributed by atoms with van der Waals surface area (Å²) in [5.74, 6) is 2.13. The van der Waals surface area contributed by atoms with Crippen molar-refractivity contribution in [3.8, 4) is 11.5 Å². The Hall–Kier alpha value is -2.30. The molecule has 1 saturated heterocycles. The van der Waals surface area contributed by atoms with E-state index in [0.717, 1.165) is 61.3 Å². The number of ether oxygens (including phenoxy) is 2. The van der Waals surface area contributed by atoms with Gasteiger partial charge in [0.25, 0.3) is 0 Å². The summed E-state index contributed by atoms with van der Waals surface area (Å²) in [6.07, 6.45) is 5.18. The van der Waals surface area contributed by atoms with Gasteiger partial charge in [0.05, 0.1) is 0 Å². The van der Waals surface area contributed by atoms with Gasteiger partial charge in [-0.25, -0.2) is 0 Å². The second kappa shape index (κ2) is 8.60. The number of hydrogen-bond acceptors (Lipinski definition) is 4. The van der Waals surface area contributed by atoms with Crippen molar-refractivity contribution < 1.29 is 14.3 Å². The molecule has 0 aromatic heterocycles. The number of halogens is 1. The van der Waals surface area contributed by atoms with Gasteiger partial charge in [-0.2, -0.15) is 0 Å². The fourth-order valence-electron chi connectivity index (χ4n) is 4.49. The Labute approximate surface area is 177 Å². The molecular formula is C24H26ClNO3. The number of ketones is 1. The molecule has 2 heterocycles. The van der Waals surface area contributed by atoms with E-state index in [-0.39, 0.29) is 18.2 Å². The topological polar surface area (TPSA) is 38.8 Å². The molecule has 152 valence electrons. The van der Waals surface area contributed by atoms with E-state index in [1.54, 1.807) is 0 Å². The largest absolute Gasteiger partial charge is 0.486 e. The van der Waals surface area contributed by atoms with Crippen molar-refractivity contribution in [3.05, 3.63) is 70.8 Å². The van der Waals surface area contributed by atoms with Crippen molar-refractivity contribution >= 4 is 18.2 Å². The lowest BCUT2D eigenvalue weighted by Gasteiger charge is -2.30. The Balaban J connectivity index is 0.00000205. The summed E-state index contributed by atoms with van der Waals surface area (Å²) in [5, 5.41) is 0. The van der Waals surface area contributed by atoms with Crippen LogP contribution in [-0.4, -0.2) is 37.0 Å². The fraction of sp³-hybridized carbons (Fsp3) is 0.375. The van der Waals surface area contributed by atoms with Crippen molar-refractivity contribution in [2.45, 2.75) is 25.8 Å². The summed E-state index contributed by atoms with van der Waals surface area (Å²) in [5.41, 5.74) is 4.17. The van der Waals surface area contributed by atoms with Gasteiger partial charge in [0.1, 0.15) is 13.2 Å². The Morgan fingerprint density at radius 1 is 1.00 bits per heavy atom. The zero-order valence-electron chi connectivity index (χ0n) is 16.4. The molecule has 2 aromatic carbocycles. The summed E-state index contributed by atoms with van der Waals surface area (Å²) in [6, 6.07) is 14.5. The molecular weight excluding hydrogens is 386 g/mol. The number of Topliss-reactive ketones (excluding diaryl/α,β-unsaturated/α-hetero) is 1. The van der Waals surface area contributed by atoms with E-state index in [2.05, 4.69) is 41.3 Å². The summed E-state index contributed by atoms with van der Waals surface area (Å²) in [6.45, 7) is 4.30. The van der Waals surface area contributed by atoms with Crippen LogP contribution in [0.2, 0.25) is 0 Å². The number of fused-ring (bicyclic) bond motifs is 2. The first-order chi connectivity index (χ1) is 13.8. The van der Waals surface area contributed by atoms with E-state index in [0.29, 0.717) is 24.9 Å². The molecule has 2 aliphatic heterocycles. The molecule has 1 fully saturated rings. The monoisotopic (exact) mass is 411 g/mol. The average Bonchev–Trinajstić information content (AvgIpc) is 3.03. The normalized spacial score (nSPS) is 20.4. The van der Waals surface area contributed by atoms with Crippen LogP contribution in [0.25, 0.3) is 0 Å². The van der Waals surface area contributed by atoms with Gasteiger partial charge in [0.15, 0.2) is 17.3 Å². The number of benzene rings is 2. The van der Waals surface area contributed by atoms with Crippen molar-refractivity contribution in [1.29, 1.82) is 0 Å². The Morgan fingerprint density at radius 3 is 2.41 bits per heavy atom. The van der Waals surface area contributed by atoms with Crippen LogP contribution in [0.3, 0.4) is 0 Å². The predicted octanol–water partition coefficient (Wildman–Crippen LogP) is 4.46. The molecule has 0 amide bonds. The second-order valence-electron chi connectivity index (χ2n) is 7.95. The maximum atomic E-state index is 12.9. The van der Waals surface area contributed by atoms with E-state index in [9.17, 15) is 4.79 Å². The van der Waals surface area contributed by atoms with Crippen molar-refractivity contribution in [2.24, 2.45) is 5.92 Å². The molecule has 0 spiro atoms. The first-order valence-corrected chi connectivity index (χ1v) is 10.2. The molecule has 0 unspecified atom stereocenters. The minimum absolute atomic E-state index is 0. The van der Waals surface area contributed by atoms with E-state index in [1.807, 2.05) is 12.1 Å². The molecule has 0 N–H and O–H groups in total. The number of likely N-dealkylation sites (tertiary alicyclic amines) is 1. The van der Waals surface area contributed by atoms with Gasteiger partial charge in [-0.1, -0.05) is 36.4 Å². The first-order valence-electron chi connectivity index (χ1n) is 10.2. The van der Waals surface area contributed by atoms with Crippen LogP contribution in [0.5, 0.6) is 11.5 Å². The zero-order valence-corrected chi connectivity index (χ0v) is 17.2. The molecule has 0 radical (unpaired) electrons. The van der Waals surface area contributed by atoms with Crippen LogP contribution in [0, 0.1) is 5.92 Å². The van der Waals surface area contributed by atoms with Gasteiger partial charge in [0.2, 0.25) is 0 Å². The highest BCUT2D eigenvalue weighted by atomic mass is 35.5. The van der Waals surface area contributed by atoms with Crippen LogP contribution in [0.15, 0.2) is 54.1 Å². The number of hydrogen-bond donors (Lipinski definition) is 0. The summed E-state index contributed by atoms with van der Waals surface area (Å²) in [4.78, 5) is 15.4. The third kappa shape index (κ3) is 4.19. The van der Waals surface area contributed by atoms with Crippen molar-refractivity contribution in [2.75, 3.05) is 26.3 Å². The first kappa shape index (κ1) is 20.0. The molecule has 29 heavy (non-hydrogen) atoms. The molecule has 5 heteroatoms. The third-order valence-electron chi connectivity index (χ3n) is 6.00. The number of piperidine rings is 1. The van der Waals surface area contributed by atoms with Gasteiger partial charge < -0.3 is 9.47 Å². The summed E-state index contributed by atoms with van der Waals surface area (Å²) in [7, 11) is 0. The van der Waals surface area contributed by atoms with Crippen molar-refractivity contribution in [1.82, 2.24) is 4.90 Å². The van der Waals surface area contributed by atoms with Crippen LogP contribution in [0.4, 0.5) is 0 Å². The highest BCUT2D eigenvalue weighted by molar-refractivity contribution is 6.13. The number of carbonyl (C=O) groups is 1. The number of carbonyl (C=O) groups excluding carboxylic acids is 1. The SMILES string of the molecule is Cl.O=C1C(=CC2CCN(Cc3ccccc3)CC2)Cc2cc3c(cc21)OCCO3. The van der Waals surface area contributed by atoms with Crippen LogP contribution >= 0.6 is 12.4 Å². The highest BCUT2D eigenvalue weighted by Gasteiger charge is 2.29. The van der Waals surface area contributed by atoms with Crippen LogP contribution in [-0.2, 0) is 13.0 Å². The molecule has 0 saturated carbocycles. The van der Waals surface area contributed by atoms with E-state index in [4.69, 9.17) is 9.47 Å². The fourth-order valence-corrected chi connectivity index (χ4v) is 4.49. The Bertz CT molecular complexity index is 917. The standard InChI is InChI=1S/C24H25NO3.ClH/c26-24-20(13-19-14-22-23(15-21(19)24)28-11-10-27-22)12-17-6-8-25(9-7-17)16-18-4-2-1-3-5-18;/h1-5,12,14-15,17H,6-11,13,16H2;1H. The van der Waals surface area contributed by atoms with Crippen LogP contribution in [0.1, 0.15) is 34.3 Å². The smallest absolute Gasteiger partial charge is 0.189 e. The molecule has 0 atom stereocenters. The maximum absolute atomic E-state index is 12.9. The molecule has 4 nitrogen and oxygen atoms in total. The Kier molecular flexibility index (Phi) is 5.93. The molecule has 0 bridgehead atoms. The van der Waals surface area contributed by atoms with Crippen LogP contribution < -0.4 is 9.47 Å². The van der Waals surface area contributed by atoms with Gasteiger partial charge in [-0.15, -0.1) is 12.4 Å². The number of rotatable bonds is 3. The quantitative estimate of drug-likeness (QED) is 0.699. The van der Waals surface area contributed by atoms with E-state index < -0.39 is 0 Å². The lowest BCUT2D eigenvalue weighted by Crippen LogP contribution is -2.32. The Morgan fingerprint density at radius 2 is 1.69 bits per heavy atom.